The van der Waals surface area contributed by atoms with Crippen LogP contribution in [0.5, 0.6) is 0 Å². The van der Waals surface area contributed by atoms with Crippen molar-refractivity contribution < 1.29 is 8.42 Å². The van der Waals surface area contributed by atoms with E-state index in [-0.39, 0.29) is 11.5 Å². The molecule has 1 aromatic heterocycles. The van der Waals surface area contributed by atoms with Crippen molar-refractivity contribution in [3.05, 3.63) is 17.5 Å². The van der Waals surface area contributed by atoms with E-state index in [0.29, 0.717) is 4.21 Å². The molecular weight excluding hydrogens is 314 g/mol. The Labute approximate surface area is 137 Å². The molecule has 1 aromatic rings. The SMILES string of the molecule is CC[C@@H](NS(=O)(=O)c1cccs1)C12CC3CC(CC(C3)C1)C2. The highest BCUT2D eigenvalue weighted by atomic mass is 32.2. The first-order chi connectivity index (χ1) is 10.5. The average Bonchev–Trinajstić information content (AvgIpc) is 2.98. The molecule has 0 amide bonds. The van der Waals surface area contributed by atoms with E-state index in [0.717, 1.165) is 24.2 Å². The molecule has 5 rings (SSSR count). The van der Waals surface area contributed by atoms with E-state index >= 15 is 0 Å². The van der Waals surface area contributed by atoms with E-state index in [9.17, 15) is 8.42 Å². The van der Waals surface area contributed by atoms with Crippen LogP contribution < -0.4 is 4.72 Å². The second-order valence-electron chi connectivity index (χ2n) is 7.79. The Morgan fingerprint density at radius 1 is 1.23 bits per heavy atom. The van der Waals surface area contributed by atoms with Gasteiger partial charge in [-0.05, 0) is 79.6 Å². The first kappa shape index (κ1) is 15.2. The van der Waals surface area contributed by atoms with Crippen LogP contribution in [0, 0.1) is 23.2 Å². The predicted molar refractivity (Wildman–Crippen MR) is 89.3 cm³/mol. The lowest BCUT2D eigenvalue weighted by Gasteiger charge is -2.59. The quantitative estimate of drug-likeness (QED) is 0.880. The Bertz CT molecular complexity index is 600. The van der Waals surface area contributed by atoms with Crippen molar-refractivity contribution in [2.75, 3.05) is 0 Å². The van der Waals surface area contributed by atoms with Gasteiger partial charge in [-0.3, -0.25) is 0 Å². The first-order valence-electron chi connectivity index (χ1n) is 8.56. The fourth-order valence-electron chi connectivity index (χ4n) is 5.91. The highest BCUT2D eigenvalue weighted by molar-refractivity contribution is 7.91. The second-order valence-corrected chi connectivity index (χ2v) is 10.7. The summed E-state index contributed by atoms with van der Waals surface area (Å²) in [5.74, 6) is 2.56. The van der Waals surface area contributed by atoms with Gasteiger partial charge in [-0.15, -0.1) is 11.3 Å². The molecule has 22 heavy (non-hydrogen) atoms. The van der Waals surface area contributed by atoms with E-state index in [1.165, 1.54) is 49.9 Å². The van der Waals surface area contributed by atoms with Gasteiger partial charge in [0.25, 0.3) is 0 Å². The van der Waals surface area contributed by atoms with Crippen LogP contribution in [0.15, 0.2) is 21.7 Å². The van der Waals surface area contributed by atoms with Crippen LogP contribution in [-0.2, 0) is 10.0 Å². The average molecular weight is 340 g/mol. The van der Waals surface area contributed by atoms with E-state index in [1.807, 2.05) is 11.4 Å². The summed E-state index contributed by atoms with van der Waals surface area (Å²) in [6.07, 6.45) is 8.81. The van der Waals surface area contributed by atoms with Crippen LogP contribution >= 0.6 is 11.3 Å². The molecule has 0 unspecified atom stereocenters. The maximum Gasteiger partial charge on any atom is 0.250 e. The van der Waals surface area contributed by atoms with Gasteiger partial charge in [0.05, 0.1) is 0 Å². The van der Waals surface area contributed by atoms with Gasteiger partial charge >= 0.3 is 0 Å². The summed E-state index contributed by atoms with van der Waals surface area (Å²) in [7, 11) is -3.35. The van der Waals surface area contributed by atoms with E-state index < -0.39 is 10.0 Å². The van der Waals surface area contributed by atoms with Crippen molar-refractivity contribution in [2.45, 2.75) is 62.1 Å². The van der Waals surface area contributed by atoms with Gasteiger partial charge in [0.15, 0.2) is 0 Å². The molecule has 1 heterocycles. The Hall–Kier alpha value is -0.390. The summed E-state index contributed by atoms with van der Waals surface area (Å²) < 4.78 is 28.8. The number of rotatable bonds is 5. The van der Waals surface area contributed by atoms with E-state index in [1.54, 1.807) is 6.07 Å². The van der Waals surface area contributed by atoms with E-state index in [4.69, 9.17) is 0 Å². The van der Waals surface area contributed by atoms with Gasteiger partial charge in [0.2, 0.25) is 10.0 Å². The summed E-state index contributed by atoms with van der Waals surface area (Å²) in [5, 5.41) is 1.83. The molecule has 3 nitrogen and oxygen atoms in total. The Balaban J connectivity index is 1.60. The Kier molecular flexibility index (Phi) is 3.66. The molecule has 4 aliphatic carbocycles. The molecule has 0 spiro atoms. The monoisotopic (exact) mass is 339 g/mol. The van der Waals surface area contributed by atoms with Crippen molar-refractivity contribution in [3.8, 4) is 0 Å². The molecule has 4 saturated carbocycles. The number of hydrogen-bond donors (Lipinski definition) is 1. The maximum atomic E-state index is 12.7. The lowest BCUT2D eigenvalue weighted by Crippen LogP contribution is -2.56. The number of thiophene rings is 1. The zero-order valence-electron chi connectivity index (χ0n) is 13.1. The second kappa shape index (κ2) is 5.32. The fourth-order valence-corrected chi connectivity index (χ4v) is 8.34. The van der Waals surface area contributed by atoms with Crippen LogP contribution in [0.3, 0.4) is 0 Å². The highest BCUT2D eigenvalue weighted by Gasteiger charge is 2.54. The molecule has 122 valence electrons. The zero-order valence-corrected chi connectivity index (χ0v) is 14.8. The minimum absolute atomic E-state index is 0.105. The molecule has 4 bridgehead atoms. The third-order valence-corrected chi connectivity index (χ3v) is 9.16. The van der Waals surface area contributed by atoms with Crippen molar-refractivity contribution >= 4 is 21.4 Å². The molecule has 4 fully saturated rings. The summed E-state index contributed by atoms with van der Waals surface area (Å²) in [4.78, 5) is 0. The number of hydrogen-bond acceptors (Lipinski definition) is 3. The fraction of sp³-hybridized carbons (Fsp3) is 0.765. The maximum absolute atomic E-state index is 12.7. The standard InChI is InChI=1S/C17H25NO2S2/c1-2-15(18-22(19,20)16-4-3-5-21-16)17-9-12-6-13(10-17)8-14(7-12)11-17/h3-5,12-15,18H,2,6-11H2,1H3/t12?,13?,14?,15-,17?/m1/s1. The lowest BCUT2D eigenvalue weighted by atomic mass is 9.47. The predicted octanol–water partition coefficient (Wildman–Crippen LogP) is 4.02. The Morgan fingerprint density at radius 2 is 1.82 bits per heavy atom. The first-order valence-corrected chi connectivity index (χ1v) is 10.9. The summed E-state index contributed by atoms with van der Waals surface area (Å²) >= 11 is 1.31. The minimum atomic E-state index is -3.35. The van der Waals surface area contributed by atoms with Gasteiger partial charge in [-0.1, -0.05) is 13.0 Å². The van der Waals surface area contributed by atoms with Crippen LogP contribution in [0.25, 0.3) is 0 Å². The van der Waals surface area contributed by atoms with Crippen LogP contribution in [0.4, 0.5) is 0 Å². The number of nitrogens with one attached hydrogen (secondary N) is 1. The summed E-state index contributed by atoms with van der Waals surface area (Å²) in [6.45, 7) is 2.14. The normalized spacial score (nSPS) is 38.3. The molecular formula is C17H25NO2S2. The lowest BCUT2D eigenvalue weighted by molar-refractivity contribution is -0.0704. The van der Waals surface area contributed by atoms with Crippen LogP contribution in [-0.4, -0.2) is 14.5 Å². The smallest absolute Gasteiger partial charge is 0.207 e. The molecule has 0 radical (unpaired) electrons. The Morgan fingerprint density at radius 3 is 2.27 bits per heavy atom. The molecule has 0 aromatic carbocycles. The van der Waals surface area contributed by atoms with Crippen LogP contribution in [0.1, 0.15) is 51.9 Å². The summed E-state index contributed by atoms with van der Waals surface area (Å²) in [6, 6.07) is 3.62. The molecule has 5 heteroatoms. The highest BCUT2D eigenvalue weighted by Crippen LogP contribution is 2.61. The van der Waals surface area contributed by atoms with Gasteiger partial charge in [-0.2, -0.15) is 0 Å². The molecule has 1 atom stereocenters. The number of sulfonamides is 1. The molecule has 4 aliphatic rings. The van der Waals surface area contributed by atoms with Crippen molar-refractivity contribution in [2.24, 2.45) is 23.2 Å². The third kappa shape index (κ3) is 2.45. The van der Waals surface area contributed by atoms with E-state index in [2.05, 4.69) is 11.6 Å². The van der Waals surface area contributed by atoms with Crippen molar-refractivity contribution in [1.29, 1.82) is 0 Å². The largest absolute Gasteiger partial charge is 0.250 e. The van der Waals surface area contributed by atoms with Gasteiger partial charge in [-0.25, -0.2) is 13.1 Å². The molecule has 0 aliphatic heterocycles. The van der Waals surface area contributed by atoms with Crippen molar-refractivity contribution in [3.63, 3.8) is 0 Å². The van der Waals surface area contributed by atoms with Crippen LogP contribution in [0.2, 0.25) is 0 Å². The van der Waals surface area contributed by atoms with Crippen molar-refractivity contribution in [1.82, 2.24) is 4.72 Å². The summed E-state index contributed by atoms with van der Waals surface area (Å²) in [5.41, 5.74) is 0.230. The van der Waals surface area contributed by atoms with Gasteiger partial charge < -0.3 is 0 Å². The molecule has 1 N–H and O–H groups in total. The van der Waals surface area contributed by atoms with Gasteiger partial charge in [0.1, 0.15) is 4.21 Å². The minimum Gasteiger partial charge on any atom is -0.207 e. The third-order valence-electron chi connectivity index (χ3n) is 6.29. The topological polar surface area (TPSA) is 46.2 Å². The van der Waals surface area contributed by atoms with Gasteiger partial charge in [0, 0.05) is 6.04 Å². The zero-order chi connectivity index (χ0) is 15.4. The molecule has 0 saturated heterocycles.